The van der Waals surface area contributed by atoms with Crippen molar-refractivity contribution in [2.75, 3.05) is 0 Å². The summed E-state index contributed by atoms with van der Waals surface area (Å²) in [4.78, 5) is 14.2. The largest absolute Gasteiger partial charge is 0.426 e. The van der Waals surface area contributed by atoms with Crippen LogP contribution in [-0.4, -0.2) is 22.3 Å². The molecule has 0 aliphatic carbocycles. The van der Waals surface area contributed by atoms with Crippen molar-refractivity contribution in [2.24, 2.45) is 0 Å². The molecule has 1 heterocycles. The molecule has 0 saturated carbocycles. The fraction of sp³-hybridized carbons (Fsp3) is 0.500. The lowest BCUT2D eigenvalue weighted by Gasteiger charge is -2.32. The van der Waals surface area contributed by atoms with Crippen LogP contribution < -0.4 is 4.74 Å². The van der Waals surface area contributed by atoms with Crippen LogP contribution in [0.3, 0.4) is 0 Å². The second kappa shape index (κ2) is 5.67. The van der Waals surface area contributed by atoms with Gasteiger partial charge in [0.1, 0.15) is 11.4 Å². The molecule has 1 aliphatic rings. The van der Waals surface area contributed by atoms with Crippen molar-refractivity contribution in [3.05, 3.63) is 29.8 Å². The van der Waals surface area contributed by atoms with E-state index in [9.17, 15) is 14.4 Å². The molecule has 1 N–H and O–H groups in total. The van der Waals surface area contributed by atoms with Gasteiger partial charge in [-0.1, -0.05) is 18.2 Å². The van der Waals surface area contributed by atoms with Gasteiger partial charge in [0.15, 0.2) is 0 Å². The fourth-order valence-electron chi connectivity index (χ4n) is 1.16. The number of aliphatic hydroxyl groups is 1. The van der Waals surface area contributed by atoms with Gasteiger partial charge in [-0.15, -0.1) is 0 Å². The molecule has 1 aromatic rings. The van der Waals surface area contributed by atoms with Gasteiger partial charge in [-0.2, -0.15) is 4.94 Å². The first-order valence-corrected chi connectivity index (χ1v) is 5.98. The molecule has 0 saturated heterocycles. The van der Waals surface area contributed by atoms with Crippen molar-refractivity contribution < 1.29 is 24.1 Å². The minimum absolute atomic E-state index is 0.152. The van der Waals surface area contributed by atoms with Gasteiger partial charge in [0.25, 0.3) is 0 Å². The van der Waals surface area contributed by atoms with Gasteiger partial charge in [-0.25, -0.2) is 0 Å². The average Bonchev–Trinajstić information content (AvgIpc) is 2.68. The van der Waals surface area contributed by atoms with E-state index in [1.807, 2.05) is 18.2 Å². The van der Waals surface area contributed by atoms with Crippen molar-refractivity contribution in [3.8, 4) is 5.75 Å². The zero-order chi connectivity index (χ0) is 14.7. The maximum atomic E-state index is 11.6. The highest BCUT2D eigenvalue weighted by Gasteiger charge is 2.37. The Morgan fingerprint density at radius 2 is 1.84 bits per heavy atom. The number of rotatable bonds is 2. The number of carbonyl (C=O) groups excluding carboxylic acids is 1. The van der Waals surface area contributed by atoms with Gasteiger partial charge in [-0.3, -0.25) is 4.79 Å². The zero-order valence-electron chi connectivity index (χ0n) is 11.6. The van der Waals surface area contributed by atoms with E-state index in [4.69, 9.17) is 4.74 Å². The lowest BCUT2D eigenvalue weighted by Crippen LogP contribution is -2.45. The summed E-state index contributed by atoms with van der Waals surface area (Å²) < 4.78 is 16.5. The molecular formula is C14H19FO4. The van der Waals surface area contributed by atoms with E-state index >= 15 is 0 Å². The van der Waals surface area contributed by atoms with Gasteiger partial charge in [0.2, 0.25) is 0 Å². The predicted molar refractivity (Wildman–Crippen MR) is 68.4 cm³/mol. The van der Waals surface area contributed by atoms with Crippen LogP contribution in [0.1, 0.15) is 33.3 Å². The summed E-state index contributed by atoms with van der Waals surface area (Å²) in [5.74, 6) is 0.564. The number of hydrogen-bond donors (Lipinski definition) is 1. The summed E-state index contributed by atoms with van der Waals surface area (Å²) in [5, 5.41) is 9.18. The van der Waals surface area contributed by atoms with Gasteiger partial charge in [0, 0.05) is 5.56 Å². The van der Waals surface area contributed by atoms with Crippen LogP contribution in [0.25, 0.3) is 0 Å². The van der Waals surface area contributed by atoms with Crippen LogP contribution in [0.15, 0.2) is 24.3 Å². The van der Waals surface area contributed by atoms with E-state index in [-0.39, 0.29) is 5.97 Å². The third kappa shape index (κ3) is 4.01. The molecule has 0 amide bonds. The number of benzene rings is 1. The predicted octanol–water partition coefficient (Wildman–Crippen LogP) is 2.59. The smallest absolute Gasteiger partial charge is 0.315 e. The van der Waals surface area contributed by atoms with E-state index in [2.05, 4.69) is 4.94 Å². The highest BCUT2D eigenvalue weighted by Crippen LogP contribution is 2.25. The number of hydrogen-bond acceptors (Lipinski definition) is 4. The number of fused-ring (bicyclic) bond motifs is 1. The van der Waals surface area contributed by atoms with Crippen molar-refractivity contribution in [1.29, 1.82) is 0 Å². The first-order valence-electron chi connectivity index (χ1n) is 5.98. The van der Waals surface area contributed by atoms with Gasteiger partial charge < -0.3 is 9.84 Å². The van der Waals surface area contributed by atoms with Crippen molar-refractivity contribution in [1.82, 2.24) is 0 Å². The third-order valence-corrected chi connectivity index (χ3v) is 3.20. The molecule has 0 spiro atoms. The third-order valence-electron chi connectivity index (χ3n) is 3.20. The maximum Gasteiger partial charge on any atom is 0.315 e. The number of halogens is 1. The van der Waals surface area contributed by atoms with E-state index in [0.29, 0.717) is 12.2 Å². The normalized spacial score (nSPS) is 14.3. The molecule has 1 aliphatic heterocycles. The molecule has 0 bridgehead atoms. The minimum Gasteiger partial charge on any atom is -0.426 e. The Kier molecular flexibility index (Phi) is 4.66. The molecule has 0 fully saturated rings. The first kappa shape index (κ1) is 15.6. The molecule has 0 unspecified atom stereocenters. The van der Waals surface area contributed by atoms with Gasteiger partial charge in [-0.05, 0) is 38.3 Å². The van der Waals surface area contributed by atoms with Crippen LogP contribution in [-0.2, 0) is 16.2 Å². The molecule has 19 heavy (non-hydrogen) atoms. The second-order valence-electron chi connectivity index (χ2n) is 5.41. The molecule has 0 radical (unpaired) electrons. The van der Waals surface area contributed by atoms with Crippen LogP contribution in [0.5, 0.6) is 5.75 Å². The topological polar surface area (TPSA) is 55.8 Å². The average molecular weight is 270 g/mol. The number of carbonyl (C=O) groups is 1. The fourth-order valence-corrected chi connectivity index (χ4v) is 1.16. The van der Waals surface area contributed by atoms with Crippen molar-refractivity contribution >= 4 is 5.97 Å². The molecule has 2 rings (SSSR count). The maximum absolute atomic E-state index is 11.6. The van der Waals surface area contributed by atoms with Crippen LogP contribution in [0, 0.1) is 0 Å². The molecule has 0 atom stereocenters. The van der Waals surface area contributed by atoms with Crippen LogP contribution in [0.2, 0.25) is 0 Å². The number of esters is 1. The van der Waals surface area contributed by atoms with Gasteiger partial charge in [0.05, 0.1) is 12.0 Å². The molecular weight excluding hydrogens is 251 g/mol. The summed E-state index contributed by atoms with van der Waals surface area (Å²) in [6.07, 6.45) is 0.427. The summed E-state index contributed by atoms with van der Waals surface area (Å²) in [6, 6.07) is 7.47. The van der Waals surface area contributed by atoms with E-state index < -0.39 is 11.2 Å². The Balaban J connectivity index is 0.000000192. The molecule has 0 aromatic heterocycles. The Morgan fingerprint density at radius 1 is 1.26 bits per heavy atom. The lowest BCUT2D eigenvalue weighted by atomic mass is 9.90. The van der Waals surface area contributed by atoms with Crippen LogP contribution in [0.4, 0.5) is 4.53 Å². The Labute approximate surface area is 112 Å². The minimum atomic E-state index is -1.15. The zero-order valence-corrected chi connectivity index (χ0v) is 11.6. The summed E-state index contributed by atoms with van der Waals surface area (Å²) in [7, 11) is 0. The van der Waals surface area contributed by atoms with E-state index in [1.165, 1.54) is 27.7 Å². The van der Waals surface area contributed by atoms with Crippen LogP contribution >= 0.6 is 0 Å². The quantitative estimate of drug-likeness (QED) is 0.663. The first-order chi connectivity index (χ1) is 8.67. The summed E-state index contributed by atoms with van der Waals surface area (Å²) >= 11 is 0. The van der Waals surface area contributed by atoms with E-state index in [0.717, 1.165) is 5.56 Å². The summed E-state index contributed by atoms with van der Waals surface area (Å²) in [5.41, 5.74) is -1.29. The lowest BCUT2D eigenvalue weighted by molar-refractivity contribution is -0.276. The molecule has 106 valence electrons. The Bertz CT molecular complexity index is 422. The van der Waals surface area contributed by atoms with Crippen molar-refractivity contribution in [3.63, 3.8) is 0 Å². The number of ether oxygens (including phenoxy) is 1. The SMILES string of the molecule is CC(C)(O)C(C)(C)OF.O=C1Cc2ccccc2O1. The Morgan fingerprint density at radius 3 is 2.26 bits per heavy atom. The summed E-state index contributed by atoms with van der Waals surface area (Å²) in [6.45, 7) is 5.94. The highest BCUT2D eigenvalue weighted by atomic mass is 19.3. The number of para-hydroxylation sites is 1. The van der Waals surface area contributed by atoms with Gasteiger partial charge >= 0.3 is 5.97 Å². The molecule has 5 heteroatoms. The molecule has 1 aromatic carbocycles. The van der Waals surface area contributed by atoms with Crippen molar-refractivity contribution in [2.45, 2.75) is 45.3 Å². The second-order valence-corrected chi connectivity index (χ2v) is 5.41. The highest BCUT2D eigenvalue weighted by molar-refractivity contribution is 5.80. The standard InChI is InChI=1S/C8H6O2.C6H13FO2/c9-8-5-6-3-1-2-4-7(6)10-8;1-5(2,8)6(3,4)9-7/h1-4H,5H2;8H,1-4H3. The van der Waals surface area contributed by atoms with E-state index in [1.54, 1.807) is 6.07 Å². The monoisotopic (exact) mass is 270 g/mol. The Hall–Kier alpha value is -1.46. The molecule has 4 nitrogen and oxygen atoms in total.